The summed E-state index contributed by atoms with van der Waals surface area (Å²) >= 11 is 0. The predicted molar refractivity (Wildman–Crippen MR) is 99.8 cm³/mol. The Balaban J connectivity index is 2.27. The number of hydrogen-bond acceptors (Lipinski definition) is 2. The molecule has 0 radical (unpaired) electrons. The zero-order valence-electron chi connectivity index (χ0n) is 15.3. The van der Waals surface area contributed by atoms with Crippen molar-refractivity contribution in [3.63, 3.8) is 0 Å². The fraction of sp³-hybridized carbons (Fsp3) is 0.300. The van der Waals surface area contributed by atoms with Crippen LogP contribution in [0.5, 0.6) is 0 Å². The minimum absolute atomic E-state index is 0.0773. The average Bonchev–Trinajstić information content (AvgIpc) is 2.61. The molecule has 2 rings (SSSR count). The van der Waals surface area contributed by atoms with E-state index < -0.39 is 29.2 Å². The van der Waals surface area contributed by atoms with Crippen LogP contribution in [0.3, 0.4) is 0 Å². The number of amides is 1. The third kappa shape index (κ3) is 5.71. The van der Waals surface area contributed by atoms with Crippen LogP contribution in [0.1, 0.15) is 19.4 Å². The third-order valence-electron chi connectivity index (χ3n) is 3.82. The zero-order valence-corrected chi connectivity index (χ0v) is 15.3. The lowest BCUT2D eigenvalue weighted by Gasteiger charge is -2.27. The van der Waals surface area contributed by atoms with Crippen molar-refractivity contribution in [1.29, 1.82) is 0 Å². The number of rotatable bonds is 6. The number of halogens is 4. The second kappa shape index (κ2) is 8.74. The van der Waals surface area contributed by atoms with Gasteiger partial charge in [-0.05, 0) is 42.3 Å². The molecule has 2 aromatic rings. The third-order valence-corrected chi connectivity index (χ3v) is 3.82. The topological polar surface area (TPSA) is 36.7 Å². The van der Waals surface area contributed by atoms with E-state index in [9.17, 15) is 22.4 Å². The second-order valence-corrected chi connectivity index (χ2v) is 6.64. The van der Waals surface area contributed by atoms with Gasteiger partial charge in [-0.1, -0.05) is 19.9 Å². The molecule has 0 spiro atoms. The van der Waals surface area contributed by atoms with E-state index in [1.807, 2.05) is 13.8 Å². The van der Waals surface area contributed by atoms with E-state index in [1.165, 1.54) is 35.2 Å². The first-order chi connectivity index (χ1) is 13.1. The van der Waals surface area contributed by atoms with Gasteiger partial charge >= 0.3 is 6.18 Å². The molecule has 0 aliphatic rings. The molecule has 0 heterocycles. The Morgan fingerprint density at radius 3 is 2.36 bits per heavy atom. The molecular weight excluding hydrogens is 374 g/mol. The maximum Gasteiger partial charge on any atom is 0.407 e. The zero-order chi connectivity index (χ0) is 20.9. The minimum Gasteiger partial charge on any atom is -0.362 e. The normalized spacial score (nSPS) is 11.2. The van der Waals surface area contributed by atoms with Crippen LogP contribution in [-0.2, 0) is 11.0 Å². The lowest BCUT2D eigenvalue weighted by Crippen LogP contribution is -2.36. The van der Waals surface area contributed by atoms with Gasteiger partial charge in [0.05, 0.1) is 18.7 Å². The molecular formula is C20H19F4N3O. The van der Waals surface area contributed by atoms with E-state index in [-0.39, 0.29) is 18.2 Å². The van der Waals surface area contributed by atoms with E-state index in [0.29, 0.717) is 12.2 Å². The molecule has 0 saturated heterocycles. The van der Waals surface area contributed by atoms with Crippen molar-refractivity contribution >= 4 is 23.0 Å². The van der Waals surface area contributed by atoms with Crippen molar-refractivity contribution in [3.05, 3.63) is 65.3 Å². The molecule has 0 aliphatic carbocycles. The average molecular weight is 393 g/mol. The summed E-state index contributed by atoms with van der Waals surface area (Å²) in [6, 6.07) is 8.58. The maximum atomic E-state index is 13.3. The van der Waals surface area contributed by atoms with Crippen molar-refractivity contribution in [3.8, 4) is 0 Å². The Kier molecular flexibility index (Phi) is 6.62. The van der Waals surface area contributed by atoms with Gasteiger partial charge in [0.2, 0.25) is 5.91 Å². The van der Waals surface area contributed by atoms with Gasteiger partial charge in [0.1, 0.15) is 5.82 Å². The first-order valence-corrected chi connectivity index (χ1v) is 8.49. The van der Waals surface area contributed by atoms with Gasteiger partial charge in [0.25, 0.3) is 0 Å². The second-order valence-electron chi connectivity index (χ2n) is 6.64. The highest BCUT2D eigenvalue weighted by Crippen LogP contribution is 2.38. The molecule has 0 unspecified atom stereocenters. The van der Waals surface area contributed by atoms with Gasteiger partial charge in [-0.15, -0.1) is 0 Å². The monoisotopic (exact) mass is 393 g/mol. The first kappa shape index (κ1) is 21.2. The van der Waals surface area contributed by atoms with Crippen LogP contribution in [0.4, 0.5) is 34.6 Å². The highest BCUT2D eigenvalue weighted by molar-refractivity contribution is 5.94. The minimum atomic E-state index is -4.67. The molecule has 28 heavy (non-hydrogen) atoms. The van der Waals surface area contributed by atoms with Crippen LogP contribution in [0.2, 0.25) is 0 Å². The van der Waals surface area contributed by atoms with E-state index >= 15 is 0 Å². The summed E-state index contributed by atoms with van der Waals surface area (Å²) in [5.41, 5.74) is -0.942. The van der Waals surface area contributed by atoms with Gasteiger partial charge in [-0.3, -0.25) is 4.79 Å². The number of anilines is 2. The van der Waals surface area contributed by atoms with Crippen LogP contribution in [-0.4, -0.2) is 19.0 Å². The van der Waals surface area contributed by atoms with Crippen molar-refractivity contribution in [2.45, 2.75) is 20.0 Å². The number of carbonyl (C=O) groups excluding carboxylic acids is 1. The summed E-state index contributed by atoms with van der Waals surface area (Å²) in [5, 5.41) is 2.59. The number of hydrogen-bond donors (Lipinski definition) is 1. The Bertz CT molecular complexity index is 871. The van der Waals surface area contributed by atoms with Crippen LogP contribution >= 0.6 is 0 Å². The van der Waals surface area contributed by atoms with Gasteiger partial charge in [0.15, 0.2) is 5.69 Å². The molecule has 2 aromatic carbocycles. The Morgan fingerprint density at radius 2 is 1.82 bits per heavy atom. The molecule has 0 saturated carbocycles. The van der Waals surface area contributed by atoms with Crippen LogP contribution in [0, 0.1) is 18.3 Å². The van der Waals surface area contributed by atoms with E-state index in [2.05, 4.69) is 10.2 Å². The molecule has 148 valence electrons. The van der Waals surface area contributed by atoms with E-state index in [4.69, 9.17) is 6.57 Å². The molecule has 0 aliphatic heterocycles. The van der Waals surface area contributed by atoms with Crippen molar-refractivity contribution in [2.24, 2.45) is 5.92 Å². The van der Waals surface area contributed by atoms with Gasteiger partial charge in [-0.25, -0.2) is 9.24 Å². The van der Waals surface area contributed by atoms with Crippen molar-refractivity contribution in [1.82, 2.24) is 0 Å². The van der Waals surface area contributed by atoms with E-state index in [0.717, 1.165) is 12.1 Å². The molecule has 1 N–H and O–H groups in total. The van der Waals surface area contributed by atoms with Crippen LogP contribution in [0.15, 0.2) is 42.5 Å². The van der Waals surface area contributed by atoms with Crippen molar-refractivity contribution < 1.29 is 22.4 Å². The molecule has 8 heteroatoms. The smallest absolute Gasteiger partial charge is 0.362 e. The van der Waals surface area contributed by atoms with E-state index in [1.54, 1.807) is 0 Å². The van der Waals surface area contributed by atoms with Gasteiger partial charge in [-0.2, -0.15) is 13.2 Å². The highest BCUT2D eigenvalue weighted by Gasteiger charge is 2.34. The molecule has 4 nitrogen and oxygen atoms in total. The number of nitrogens with one attached hydrogen (secondary N) is 1. The first-order valence-electron chi connectivity index (χ1n) is 8.49. The van der Waals surface area contributed by atoms with Gasteiger partial charge in [0, 0.05) is 17.9 Å². The standard InChI is InChI=1S/C20H19F4N3O/c1-13(2)11-27(12-19(28)26-15-6-4-14(21)5-7-15)16-8-9-18(25-3)17(10-16)20(22,23)24/h4-10,13H,11-12H2,1-2H3,(H,26,28). The number of carbonyl (C=O) groups is 1. The van der Waals surface area contributed by atoms with Crippen LogP contribution in [0.25, 0.3) is 4.85 Å². The quantitative estimate of drug-likeness (QED) is 0.520. The lowest BCUT2D eigenvalue weighted by atomic mass is 10.1. The molecule has 0 aromatic heterocycles. The van der Waals surface area contributed by atoms with Crippen LogP contribution < -0.4 is 10.2 Å². The summed E-state index contributed by atoms with van der Waals surface area (Å²) in [5.74, 6) is -0.817. The SMILES string of the molecule is [C-]#[N+]c1ccc(N(CC(=O)Nc2ccc(F)cc2)CC(C)C)cc1C(F)(F)F. The Labute approximate surface area is 160 Å². The Hall–Kier alpha value is -3.08. The fourth-order valence-corrected chi connectivity index (χ4v) is 2.65. The Morgan fingerprint density at radius 1 is 1.18 bits per heavy atom. The van der Waals surface area contributed by atoms with Crippen molar-refractivity contribution in [2.75, 3.05) is 23.3 Å². The summed E-state index contributed by atoms with van der Waals surface area (Å²) in [4.78, 5) is 16.8. The molecule has 0 fully saturated rings. The molecule has 0 atom stereocenters. The summed E-state index contributed by atoms with van der Waals surface area (Å²) in [6.45, 7) is 10.8. The lowest BCUT2D eigenvalue weighted by molar-refractivity contribution is -0.136. The largest absolute Gasteiger partial charge is 0.407 e. The predicted octanol–water partition coefficient (Wildman–Crippen LogP) is 5.50. The highest BCUT2D eigenvalue weighted by atomic mass is 19.4. The summed E-state index contributed by atoms with van der Waals surface area (Å²) in [6.07, 6.45) is -4.67. The summed E-state index contributed by atoms with van der Waals surface area (Å²) < 4.78 is 52.7. The molecule has 1 amide bonds. The number of alkyl halides is 3. The fourth-order valence-electron chi connectivity index (χ4n) is 2.65. The molecule has 0 bridgehead atoms. The number of benzene rings is 2. The summed E-state index contributed by atoms with van der Waals surface area (Å²) in [7, 11) is 0. The number of nitrogens with zero attached hydrogens (tertiary/aromatic N) is 2. The maximum absolute atomic E-state index is 13.3. The van der Waals surface area contributed by atoms with Gasteiger partial charge < -0.3 is 10.2 Å².